The molecule has 16 heavy (non-hydrogen) atoms. The summed E-state index contributed by atoms with van der Waals surface area (Å²) in [5.74, 6) is -0.316. The van der Waals surface area contributed by atoms with Crippen molar-refractivity contribution >= 4 is 34.5 Å². The van der Waals surface area contributed by atoms with Crippen LogP contribution in [0.2, 0.25) is 0 Å². The Bertz CT molecular complexity index is 429. The second kappa shape index (κ2) is 4.11. The topological polar surface area (TPSA) is 70.0 Å². The van der Waals surface area contributed by atoms with Gasteiger partial charge in [0.05, 0.1) is 11.0 Å². The first-order valence-corrected chi connectivity index (χ1v) is 6.09. The van der Waals surface area contributed by atoms with Gasteiger partial charge in [-0.05, 0) is 37.4 Å². The maximum Gasteiger partial charge on any atom is 0.290 e. The van der Waals surface area contributed by atoms with Gasteiger partial charge in [-0.2, -0.15) is 5.26 Å². The second-order valence-electron chi connectivity index (χ2n) is 3.85. The van der Waals surface area contributed by atoms with E-state index in [-0.39, 0.29) is 11.1 Å². The van der Waals surface area contributed by atoms with E-state index in [1.54, 1.807) is 0 Å². The zero-order valence-corrected chi connectivity index (χ0v) is 9.95. The highest BCUT2D eigenvalue weighted by atomic mass is 35.5. The van der Waals surface area contributed by atoms with Gasteiger partial charge < -0.3 is 0 Å². The van der Waals surface area contributed by atoms with E-state index in [0.29, 0.717) is 30.6 Å². The Balaban J connectivity index is 2.15. The molecule has 2 rings (SSSR count). The van der Waals surface area contributed by atoms with Crippen LogP contribution in [0.3, 0.4) is 0 Å². The van der Waals surface area contributed by atoms with Crippen molar-refractivity contribution in [2.24, 2.45) is 0 Å². The molecule has 1 heterocycles. The van der Waals surface area contributed by atoms with Crippen LogP contribution in [0.25, 0.3) is 0 Å². The van der Waals surface area contributed by atoms with Crippen LogP contribution in [0.1, 0.15) is 25.7 Å². The molecule has 1 aliphatic carbocycles. The molecule has 1 N–H and O–H groups in total. The van der Waals surface area contributed by atoms with Gasteiger partial charge in [0, 0.05) is 0 Å². The molecular weight excluding hydrogens is 248 g/mol. The molecule has 0 radical (unpaired) electrons. The number of amides is 2. The van der Waals surface area contributed by atoms with Gasteiger partial charge in [-0.25, -0.2) is 0 Å². The van der Waals surface area contributed by atoms with Gasteiger partial charge in [0.1, 0.15) is 4.87 Å². The molecule has 0 aromatic heterocycles. The number of hydrogen-bond acceptors (Lipinski definition) is 4. The van der Waals surface area contributed by atoms with E-state index in [4.69, 9.17) is 16.9 Å². The van der Waals surface area contributed by atoms with Crippen LogP contribution < -0.4 is 5.32 Å². The Kier molecular flexibility index (Phi) is 2.96. The quantitative estimate of drug-likeness (QED) is 0.533. The van der Waals surface area contributed by atoms with Gasteiger partial charge in [-0.1, -0.05) is 5.57 Å². The monoisotopic (exact) mass is 256 g/mol. The van der Waals surface area contributed by atoms with Crippen molar-refractivity contribution in [3.8, 4) is 6.07 Å². The van der Waals surface area contributed by atoms with Crippen molar-refractivity contribution in [2.75, 3.05) is 0 Å². The standard InChI is InChI=1S/C10H9ClN2O2S/c11-10(5-12)3-1-6(2-4-10)7-8(14)13-9(15)16-7/h1-4H2,(H,13,14,15). The van der Waals surface area contributed by atoms with Crippen LogP contribution in [0.15, 0.2) is 10.5 Å². The maximum atomic E-state index is 11.4. The summed E-state index contributed by atoms with van der Waals surface area (Å²) in [6.07, 6.45) is 2.29. The SMILES string of the molecule is N#CC1(Cl)CCC(=C2SC(=O)NC2=O)CC1. The number of halogens is 1. The summed E-state index contributed by atoms with van der Waals surface area (Å²) in [6.45, 7) is 0. The smallest absolute Gasteiger partial charge is 0.282 e. The summed E-state index contributed by atoms with van der Waals surface area (Å²) >= 11 is 6.98. The minimum absolute atomic E-state index is 0.316. The van der Waals surface area contributed by atoms with Crippen LogP contribution in [-0.2, 0) is 4.79 Å². The van der Waals surface area contributed by atoms with Crippen LogP contribution >= 0.6 is 23.4 Å². The number of nitrogens with one attached hydrogen (secondary N) is 1. The van der Waals surface area contributed by atoms with E-state index in [1.807, 2.05) is 0 Å². The first kappa shape index (κ1) is 11.5. The molecule has 0 unspecified atom stereocenters. The van der Waals surface area contributed by atoms with Gasteiger partial charge in [0.25, 0.3) is 11.1 Å². The number of rotatable bonds is 0. The first-order chi connectivity index (χ1) is 7.54. The maximum absolute atomic E-state index is 11.4. The van der Waals surface area contributed by atoms with E-state index in [1.165, 1.54) is 0 Å². The first-order valence-electron chi connectivity index (χ1n) is 4.89. The third kappa shape index (κ3) is 2.08. The fourth-order valence-corrected chi connectivity index (χ4v) is 2.84. The minimum Gasteiger partial charge on any atom is -0.282 e. The van der Waals surface area contributed by atoms with Crippen molar-refractivity contribution < 1.29 is 9.59 Å². The van der Waals surface area contributed by atoms with Crippen molar-refractivity contribution in [2.45, 2.75) is 30.6 Å². The largest absolute Gasteiger partial charge is 0.290 e. The number of carbonyl (C=O) groups excluding carboxylic acids is 2. The van der Waals surface area contributed by atoms with Gasteiger partial charge in [-0.15, -0.1) is 11.6 Å². The Morgan fingerprint density at radius 2 is 2.00 bits per heavy atom. The lowest BCUT2D eigenvalue weighted by Gasteiger charge is -2.26. The van der Waals surface area contributed by atoms with Crippen LogP contribution in [0, 0.1) is 11.3 Å². The summed E-state index contributed by atoms with van der Waals surface area (Å²) in [7, 11) is 0. The molecule has 0 spiro atoms. The Morgan fingerprint density at radius 1 is 1.38 bits per heavy atom. The summed E-state index contributed by atoms with van der Waals surface area (Å²) in [4.78, 5) is 22.1. The molecule has 2 fully saturated rings. The predicted molar refractivity (Wildman–Crippen MR) is 60.8 cm³/mol. The van der Waals surface area contributed by atoms with Crippen molar-refractivity contribution in [3.63, 3.8) is 0 Å². The van der Waals surface area contributed by atoms with Crippen LogP contribution in [-0.4, -0.2) is 16.0 Å². The average Bonchev–Trinajstić information content (AvgIpc) is 2.59. The molecule has 0 aromatic rings. The van der Waals surface area contributed by atoms with Crippen molar-refractivity contribution in [1.82, 2.24) is 5.32 Å². The molecule has 1 saturated carbocycles. The zero-order chi connectivity index (χ0) is 11.8. The lowest BCUT2D eigenvalue weighted by Crippen LogP contribution is -2.24. The summed E-state index contributed by atoms with van der Waals surface area (Å²) in [5.41, 5.74) is 0.944. The molecule has 4 nitrogen and oxygen atoms in total. The van der Waals surface area contributed by atoms with Crippen molar-refractivity contribution in [1.29, 1.82) is 5.26 Å². The Hall–Kier alpha value is -0.990. The number of thioether (sulfide) groups is 1. The highest BCUT2D eigenvalue weighted by Gasteiger charge is 2.35. The molecule has 1 saturated heterocycles. The van der Waals surface area contributed by atoms with Gasteiger partial charge in [0.2, 0.25) is 0 Å². The van der Waals surface area contributed by atoms with E-state index >= 15 is 0 Å². The van der Waals surface area contributed by atoms with E-state index in [2.05, 4.69) is 11.4 Å². The average molecular weight is 257 g/mol. The number of carbonyl (C=O) groups is 2. The molecular formula is C10H9ClN2O2S. The second-order valence-corrected chi connectivity index (χ2v) is 5.56. The number of imide groups is 1. The van der Waals surface area contributed by atoms with E-state index < -0.39 is 4.87 Å². The highest BCUT2D eigenvalue weighted by molar-refractivity contribution is 8.18. The summed E-state index contributed by atoms with van der Waals surface area (Å²) in [6, 6.07) is 2.08. The lowest BCUT2D eigenvalue weighted by molar-refractivity contribution is -0.115. The fourth-order valence-electron chi connectivity index (χ4n) is 1.83. The molecule has 0 aromatic carbocycles. The Labute approximate surface area is 102 Å². The van der Waals surface area contributed by atoms with Crippen LogP contribution in [0.5, 0.6) is 0 Å². The zero-order valence-electron chi connectivity index (χ0n) is 8.38. The van der Waals surface area contributed by atoms with Gasteiger partial charge in [0.15, 0.2) is 0 Å². The number of nitriles is 1. The number of nitrogens with zero attached hydrogens (tertiary/aromatic N) is 1. The number of alkyl halides is 1. The van der Waals surface area contributed by atoms with E-state index in [0.717, 1.165) is 17.3 Å². The lowest BCUT2D eigenvalue weighted by atomic mass is 9.85. The highest BCUT2D eigenvalue weighted by Crippen LogP contribution is 2.40. The normalized spacial score (nSPS) is 30.2. The van der Waals surface area contributed by atoms with E-state index in [9.17, 15) is 9.59 Å². The molecule has 2 aliphatic rings. The predicted octanol–water partition coefficient (Wildman–Crippen LogP) is 2.30. The van der Waals surface area contributed by atoms with Gasteiger partial charge >= 0.3 is 0 Å². The van der Waals surface area contributed by atoms with Gasteiger partial charge in [-0.3, -0.25) is 14.9 Å². The molecule has 0 bridgehead atoms. The molecule has 0 atom stereocenters. The number of hydrogen-bond donors (Lipinski definition) is 1. The third-order valence-electron chi connectivity index (χ3n) is 2.78. The fraction of sp³-hybridized carbons (Fsp3) is 0.500. The minimum atomic E-state index is -0.798. The third-order valence-corrected chi connectivity index (χ3v) is 4.21. The number of allylic oxidation sites excluding steroid dienone is 1. The summed E-state index contributed by atoms with van der Waals surface area (Å²) in [5, 5.41) is 10.8. The van der Waals surface area contributed by atoms with Crippen LogP contribution in [0.4, 0.5) is 4.79 Å². The molecule has 2 amide bonds. The summed E-state index contributed by atoms with van der Waals surface area (Å²) < 4.78 is 0. The molecule has 1 aliphatic heterocycles. The van der Waals surface area contributed by atoms with Crippen molar-refractivity contribution in [3.05, 3.63) is 10.5 Å². The Morgan fingerprint density at radius 3 is 2.44 bits per heavy atom. The molecule has 84 valence electrons. The molecule has 6 heteroatoms.